The second-order valence-electron chi connectivity index (χ2n) is 5.37. The Kier molecular flexibility index (Phi) is 5.12. The van der Waals surface area contributed by atoms with Crippen LogP contribution in [0.2, 0.25) is 0 Å². The van der Waals surface area contributed by atoms with Crippen molar-refractivity contribution in [1.29, 1.82) is 0 Å². The second kappa shape index (κ2) is 6.85. The zero-order valence-corrected chi connectivity index (χ0v) is 13.2. The summed E-state index contributed by atoms with van der Waals surface area (Å²) in [7, 11) is 0. The predicted molar refractivity (Wildman–Crippen MR) is 80.9 cm³/mol. The van der Waals surface area contributed by atoms with Gasteiger partial charge in [0.25, 0.3) is 0 Å². The molecule has 0 bridgehead atoms. The van der Waals surface area contributed by atoms with E-state index < -0.39 is 0 Å². The minimum absolute atomic E-state index is 0.0422. The van der Waals surface area contributed by atoms with Crippen molar-refractivity contribution in [3.8, 4) is 0 Å². The van der Waals surface area contributed by atoms with Gasteiger partial charge in [-0.15, -0.1) is 11.3 Å². The van der Waals surface area contributed by atoms with Gasteiger partial charge in [-0.2, -0.15) is 0 Å². The van der Waals surface area contributed by atoms with Gasteiger partial charge in [0.15, 0.2) is 0 Å². The summed E-state index contributed by atoms with van der Waals surface area (Å²) in [6.07, 6.45) is 1.51. The third-order valence-electron chi connectivity index (χ3n) is 3.43. The normalized spacial score (nSPS) is 16.4. The van der Waals surface area contributed by atoms with Crippen LogP contribution in [-0.4, -0.2) is 35.2 Å². The zero-order valence-electron chi connectivity index (χ0n) is 12.3. The van der Waals surface area contributed by atoms with Gasteiger partial charge in [0.2, 0.25) is 17.7 Å². The quantitative estimate of drug-likeness (QED) is 0.813. The molecule has 0 aromatic carbocycles. The first-order chi connectivity index (χ1) is 9.95. The van der Waals surface area contributed by atoms with Crippen LogP contribution < -0.4 is 5.32 Å². The molecule has 1 aromatic rings. The smallest absolute Gasteiger partial charge is 0.229 e. The zero-order chi connectivity index (χ0) is 15.4. The standard InChI is InChI=1S/C15H20N2O3S/c1-10(9-12-4-3-11(2)21-12)16-13(18)7-8-17-14(19)5-6-15(17)20/h3-4,10H,5-9H2,1-2H3,(H,16,18). The van der Waals surface area contributed by atoms with Crippen LogP contribution in [0.3, 0.4) is 0 Å². The van der Waals surface area contributed by atoms with E-state index >= 15 is 0 Å². The number of hydrogen-bond donors (Lipinski definition) is 1. The van der Waals surface area contributed by atoms with Crippen molar-refractivity contribution < 1.29 is 14.4 Å². The van der Waals surface area contributed by atoms with Crippen molar-refractivity contribution >= 4 is 29.1 Å². The highest BCUT2D eigenvalue weighted by molar-refractivity contribution is 7.11. The molecule has 5 nitrogen and oxygen atoms in total. The molecule has 1 N–H and O–H groups in total. The molecule has 1 atom stereocenters. The Hall–Kier alpha value is -1.69. The Morgan fingerprint density at radius 1 is 1.33 bits per heavy atom. The maximum absolute atomic E-state index is 11.9. The van der Waals surface area contributed by atoms with Crippen LogP contribution in [-0.2, 0) is 20.8 Å². The largest absolute Gasteiger partial charge is 0.353 e. The molecule has 114 valence electrons. The summed E-state index contributed by atoms with van der Waals surface area (Å²) in [5.74, 6) is -0.465. The molecule has 2 heterocycles. The van der Waals surface area contributed by atoms with E-state index in [1.165, 1.54) is 14.7 Å². The fourth-order valence-corrected chi connectivity index (χ4v) is 3.40. The van der Waals surface area contributed by atoms with Crippen LogP contribution in [0, 0.1) is 6.92 Å². The lowest BCUT2D eigenvalue weighted by Gasteiger charge is -2.16. The molecule has 1 aliphatic heterocycles. The van der Waals surface area contributed by atoms with Crippen LogP contribution in [0.1, 0.15) is 35.9 Å². The van der Waals surface area contributed by atoms with Gasteiger partial charge in [0.1, 0.15) is 0 Å². The van der Waals surface area contributed by atoms with Crippen molar-refractivity contribution in [2.24, 2.45) is 0 Å². The monoisotopic (exact) mass is 308 g/mol. The molecular weight excluding hydrogens is 288 g/mol. The third-order valence-corrected chi connectivity index (χ3v) is 4.45. The molecule has 0 aliphatic carbocycles. The highest BCUT2D eigenvalue weighted by Gasteiger charge is 2.28. The van der Waals surface area contributed by atoms with Crippen molar-refractivity contribution in [3.05, 3.63) is 21.9 Å². The van der Waals surface area contributed by atoms with Crippen molar-refractivity contribution in [1.82, 2.24) is 10.2 Å². The lowest BCUT2D eigenvalue weighted by Crippen LogP contribution is -2.37. The first-order valence-electron chi connectivity index (χ1n) is 7.13. The number of carbonyl (C=O) groups excluding carboxylic acids is 3. The molecule has 21 heavy (non-hydrogen) atoms. The van der Waals surface area contributed by atoms with Gasteiger partial charge in [0, 0.05) is 48.0 Å². The average molecular weight is 308 g/mol. The Morgan fingerprint density at radius 3 is 2.57 bits per heavy atom. The van der Waals surface area contributed by atoms with Gasteiger partial charge in [-0.05, 0) is 26.0 Å². The van der Waals surface area contributed by atoms with Crippen LogP contribution in [0.4, 0.5) is 0 Å². The van der Waals surface area contributed by atoms with Crippen molar-refractivity contribution in [2.45, 2.75) is 45.6 Å². The summed E-state index contributed by atoms with van der Waals surface area (Å²) in [4.78, 5) is 38.4. The molecule has 1 fully saturated rings. The molecule has 1 saturated heterocycles. The van der Waals surface area contributed by atoms with E-state index in [0.29, 0.717) is 0 Å². The molecule has 1 unspecified atom stereocenters. The van der Waals surface area contributed by atoms with E-state index in [0.717, 1.165) is 6.42 Å². The SMILES string of the molecule is Cc1ccc(CC(C)NC(=O)CCN2C(=O)CCC2=O)s1. The molecule has 0 spiro atoms. The number of aryl methyl sites for hydroxylation is 1. The molecule has 1 aromatic heterocycles. The summed E-state index contributed by atoms with van der Waals surface area (Å²) >= 11 is 1.73. The van der Waals surface area contributed by atoms with Gasteiger partial charge in [-0.25, -0.2) is 0 Å². The van der Waals surface area contributed by atoms with Crippen LogP contribution in [0.15, 0.2) is 12.1 Å². The number of thiophene rings is 1. The molecule has 0 radical (unpaired) electrons. The van der Waals surface area contributed by atoms with Crippen molar-refractivity contribution in [2.75, 3.05) is 6.54 Å². The number of likely N-dealkylation sites (tertiary alicyclic amines) is 1. The fourth-order valence-electron chi connectivity index (χ4n) is 2.38. The van der Waals surface area contributed by atoms with Gasteiger partial charge in [-0.3, -0.25) is 19.3 Å². The fraction of sp³-hybridized carbons (Fsp3) is 0.533. The average Bonchev–Trinajstić information content (AvgIpc) is 2.94. The van der Waals surface area contributed by atoms with E-state index in [-0.39, 0.29) is 49.6 Å². The van der Waals surface area contributed by atoms with E-state index in [4.69, 9.17) is 0 Å². The maximum atomic E-state index is 11.9. The summed E-state index contributed by atoms with van der Waals surface area (Å²) in [6.45, 7) is 4.20. The minimum atomic E-state index is -0.171. The first-order valence-corrected chi connectivity index (χ1v) is 7.95. The summed E-state index contributed by atoms with van der Waals surface area (Å²) in [5, 5.41) is 2.91. The van der Waals surface area contributed by atoms with Gasteiger partial charge < -0.3 is 5.32 Å². The number of imide groups is 1. The summed E-state index contributed by atoms with van der Waals surface area (Å²) in [5.41, 5.74) is 0. The number of rotatable bonds is 6. The maximum Gasteiger partial charge on any atom is 0.229 e. The first kappa shape index (κ1) is 15.7. The molecule has 1 aliphatic rings. The number of carbonyl (C=O) groups is 3. The summed E-state index contributed by atoms with van der Waals surface area (Å²) in [6, 6.07) is 4.18. The molecular formula is C15H20N2O3S. The molecule has 2 rings (SSSR count). The predicted octanol–water partition coefficient (Wildman–Crippen LogP) is 1.64. The van der Waals surface area contributed by atoms with E-state index in [1.54, 1.807) is 11.3 Å². The Balaban J connectivity index is 1.74. The van der Waals surface area contributed by atoms with Gasteiger partial charge in [-0.1, -0.05) is 0 Å². The number of nitrogens with zero attached hydrogens (tertiary/aromatic N) is 1. The number of amides is 3. The highest BCUT2D eigenvalue weighted by Crippen LogP contribution is 2.17. The van der Waals surface area contributed by atoms with Crippen LogP contribution in [0.25, 0.3) is 0 Å². The lowest BCUT2D eigenvalue weighted by atomic mass is 10.2. The van der Waals surface area contributed by atoms with E-state index in [2.05, 4.69) is 24.4 Å². The minimum Gasteiger partial charge on any atom is -0.353 e. The summed E-state index contributed by atoms with van der Waals surface area (Å²) < 4.78 is 0. The van der Waals surface area contributed by atoms with Crippen LogP contribution >= 0.6 is 11.3 Å². The van der Waals surface area contributed by atoms with Crippen molar-refractivity contribution in [3.63, 3.8) is 0 Å². The number of hydrogen-bond acceptors (Lipinski definition) is 4. The lowest BCUT2D eigenvalue weighted by molar-refractivity contribution is -0.138. The van der Waals surface area contributed by atoms with Crippen LogP contribution in [0.5, 0.6) is 0 Å². The molecule has 0 saturated carbocycles. The topological polar surface area (TPSA) is 66.5 Å². The Morgan fingerprint density at radius 2 is 2.00 bits per heavy atom. The Labute approximate surface area is 128 Å². The molecule has 3 amide bonds. The van der Waals surface area contributed by atoms with Gasteiger partial charge >= 0.3 is 0 Å². The Bertz CT molecular complexity index is 537. The highest BCUT2D eigenvalue weighted by atomic mass is 32.1. The van der Waals surface area contributed by atoms with E-state index in [9.17, 15) is 14.4 Å². The second-order valence-corrected chi connectivity index (χ2v) is 6.75. The third kappa shape index (κ3) is 4.39. The van der Waals surface area contributed by atoms with Gasteiger partial charge in [0.05, 0.1) is 0 Å². The molecule has 6 heteroatoms. The number of nitrogens with one attached hydrogen (secondary N) is 1. The van der Waals surface area contributed by atoms with E-state index in [1.807, 2.05) is 6.92 Å².